The van der Waals surface area contributed by atoms with E-state index in [-0.39, 0.29) is 29.9 Å². The van der Waals surface area contributed by atoms with Gasteiger partial charge in [-0.3, -0.25) is 0 Å². The number of urea groups is 1. The molecular formula is C21H23F7N6O4. The van der Waals surface area contributed by atoms with Gasteiger partial charge in [0.15, 0.2) is 5.65 Å². The first-order valence-electron chi connectivity index (χ1n) is 11.4. The Hall–Kier alpha value is -3.21. The van der Waals surface area contributed by atoms with Crippen molar-refractivity contribution in [3.05, 3.63) is 29.7 Å². The quantitative estimate of drug-likeness (QED) is 0.380. The summed E-state index contributed by atoms with van der Waals surface area (Å²) >= 11 is 0. The average Bonchev–Trinajstić information content (AvgIpc) is 3.40. The van der Waals surface area contributed by atoms with Crippen LogP contribution in [0.5, 0.6) is 0 Å². The second kappa shape index (κ2) is 10.2. The predicted molar refractivity (Wildman–Crippen MR) is 113 cm³/mol. The summed E-state index contributed by atoms with van der Waals surface area (Å²) in [5.41, 5.74) is 2.22. The fourth-order valence-corrected chi connectivity index (χ4v) is 4.54. The molecule has 4 rings (SSSR count). The molecule has 2 aliphatic rings. The first kappa shape index (κ1) is 27.8. The summed E-state index contributed by atoms with van der Waals surface area (Å²) < 4.78 is 99.9. The van der Waals surface area contributed by atoms with Crippen LogP contribution in [-0.4, -0.2) is 76.3 Å². The molecule has 2 fully saturated rings. The predicted octanol–water partition coefficient (Wildman–Crippen LogP) is 3.16. The zero-order valence-electron chi connectivity index (χ0n) is 19.8. The molecule has 2 aromatic heterocycles. The van der Waals surface area contributed by atoms with Gasteiger partial charge in [-0.2, -0.15) is 18.3 Å². The van der Waals surface area contributed by atoms with Gasteiger partial charge < -0.3 is 19.8 Å². The molecule has 210 valence electrons. The third-order valence-electron chi connectivity index (χ3n) is 6.35. The van der Waals surface area contributed by atoms with E-state index in [0.717, 1.165) is 4.90 Å². The van der Waals surface area contributed by atoms with E-state index in [0.29, 0.717) is 0 Å². The molecule has 10 nitrogen and oxygen atoms in total. The molecule has 1 saturated carbocycles. The monoisotopic (exact) mass is 556 g/mol. The summed E-state index contributed by atoms with van der Waals surface area (Å²) in [4.78, 5) is 32.8. The number of nitrogens with zero attached hydrogens (tertiary/aromatic N) is 4. The highest BCUT2D eigenvalue weighted by atomic mass is 19.4. The average molecular weight is 556 g/mol. The number of carbonyl (C=O) groups excluding carboxylic acids is 2. The molecule has 0 radical (unpaired) electrons. The Labute approximate surface area is 210 Å². The number of halogens is 7. The SMILES string of the molecule is COC[C@H](c1cnn2cc([C@H](NOC(=O)C(F)(F)F)[C@@H]3CCC(F)(F)C3)nc2c1)N1CC(F)(F)CNC1=O. The van der Waals surface area contributed by atoms with E-state index < -0.39 is 74.0 Å². The van der Waals surface area contributed by atoms with Gasteiger partial charge in [-0.25, -0.2) is 36.7 Å². The Morgan fingerprint density at radius 1 is 1.29 bits per heavy atom. The summed E-state index contributed by atoms with van der Waals surface area (Å²) in [6.45, 7) is -1.88. The Morgan fingerprint density at radius 2 is 2.03 bits per heavy atom. The molecule has 1 aliphatic carbocycles. The fraction of sp³-hybridized carbons (Fsp3) is 0.619. The van der Waals surface area contributed by atoms with E-state index in [4.69, 9.17) is 4.74 Å². The topological polar surface area (TPSA) is 110 Å². The van der Waals surface area contributed by atoms with Gasteiger partial charge in [-0.05, 0) is 18.4 Å². The summed E-state index contributed by atoms with van der Waals surface area (Å²) in [6, 6.07) is -1.69. The third kappa shape index (κ3) is 6.09. The second-order valence-electron chi connectivity index (χ2n) is 9.21. The minimum Gasteiger partial charge on any atom is -0.382 e. The number of methoxy groups -OCH3 is 1. The van der Waals surface area contributed by atoms with E-state index in [1.807, 2.05) is 5.48 Å². The second-order valence-corrected chi connectivity index (χ2v) is 9.21. The van der Waals surface area contributed by atoms with Crippen LogP contribution >= 0.6 is 0 Å². The van der Waals surface area contributed by atoms with Crippen LogP contribution in [0.25, 0.3) is 5.65 Å². The van der Waals surface area contributed by atoms with Crippen molar-refractivity contribution >= 4 is 17.6 Å². The van der Waals surface area contributed by atoms with Crippen LogP contribution in [0.2, 0.25) is 0 Å². The number of ether oxygens (including phenoxy) is 1. The lowest BCUT2D eigenvalue weighted by atomic mass is 9.96. The first-order valence-corrected chi connectivity index (χ1v) is 11.4. The molecule has 0 unspecified atom stereocenters. The van der Waals surface area contributed by atoms with Crippen LogP contribution < -0.4 is 10.8 Å². The Kier molecular flexibility index (Phi) is 7.44. The van der Waals surface area contributed by atoms with Crippen LogP contribution in [0.15, 0.2) is 18.5 Å². The molecule has 3 atom stereocenters. The van der Waals surface area contributed by atoms with Crippen molar-refractivity contribution in [3.63, 3.8) is 0 Å². The van der Waals surface area contributed by atoms with Crippen LogP contribution in [-0.2, 0) is 14.4 Å². The lowest BCUT2D eigenvalue weighted by molar-refractivity contribution is -0.209. The Balaban J connectivity index is 1.64. The number of alkyl halides is 7. The minimum atomic E-state index is -5.32. The normalized spacial score (nSPS) is 22.8. The molecule has 0 spiro atoms. The fourth-order valence-electron chi connectivity index (χ4n) is 4.54. The number of amides is 2. The van der Waals surface area contributed by atoms with Gasteiger partial charge in [0.1, 0.15) is 0 Å². The first-order chi connectivity index (χ1) is 17.7. The molecule has 1 saturated heterocycles. The lowest BCUT2D eigenvalue weighted by Gasteiger charge is -2.38. The number of imidazole rings is 1. The van der Waals surface area contributed by atoms with Gasteiger partial charge in [0.05, 0.1) is 49.9 Å². The van der Waals surface area contributed by atoms with E-state index in [1.54, 1.807) is 0 Å². The van der Waals surface area contributed by atoms with E-state index in [1.165, 1.54) is 30.1 Å². The summed E-state index contributed by atoms with van der Waals surface area (Å²) in [5, 5.41) is 6.23. The summed E-state index contributed by atoms with van der Waals surface area (Å²) in [6.07, 6.45) is -4.09. The zero-order valence-corrected chi connectivity index (χ0v) is 19.8. The molecule has 2 aromatic rings. The smallest absolute Gasteiger partial charge is 0.382 e. The minimum absolute atomic E-state index is 0.0436. The van der Waals surface area contributed by atoms with Crippen molar-refractivity contribution in [2.24, 2.45) is 5.92 Å². The number of carbonyl (C=O) groups is 2. The van der Waals surface area contributed by atoms with Crippen molar-refractivity contribution in [3.8, 4) is 0 Å². The number of hydrogen-bond donors (Lipinski definition) is 2. The number of aromatic nitrogens is 3. The lowest BCUT2D eigenvalue weighted by Crippen LogP contribution is -2.58. The van der Waals surface area contributed by atoms with E-state index >= 15 is 0 Å². The number of hydroxylamine groups is 1. The molecule has 17 heteroatoms. The molecule has 2 N–H and O–H groups in total. The van der Waals surface area contributed by atoms with Crippen LogP contribution in [0.3, 0.4) is 0 Å². The molecule has 2 amide bonds. The maximum atomic E-state index is 14.0. The number of hydrogen-bond acceptors (Lipinski definition) is 7. The van der Waals surface area contributed by atoms with Crippen molar-refractivity contribution in [2.45, 2.75) is 49.4 Å². The van der Waals surface area contributed by atoms with Crippen molar-refractivity contribution < 1.29 is 49.9 Å². The van der Waals surface area contributed by atoms with Gasteiger partial charge in [-0.1, -0.05) is 0 Å². The van der Waals surface area contributed by atoms with Gasteiger partial charge >= 0.3 is 18.2 Å². The molecule has 1 aliphatic heterocycles. The highest BCUT2D eigenvalue weighted by Gasteiger charge is 2.46. The molecule has 0 bridgehead atoms. The highest BCUT2D eigenvalue weighted by Crippen LogP contribution is 2.44. The van der Waals surface area contributed by atoms with Crippen molar-refractivity contribution in [1.82, 2.24) is 30.3 Å². The number of fused-ring (bicyclic) bond motifs is 1. The number of rotatable bonds is 8. The Bertz CT molecular complexity index is 1190. The van der Waals surface area contributed by atoms with Gasteiger partial charge in [0.2, 0.25) is 5.92 Å². The third-order valence-corrected chi connectivity index (χ3v) is 6.35. The van der Waals surface area contributed by atoms with Crippen LogP contribution in [0.1, 0.15) is 42.6 Å². The van der Waals surface area contributed by atoms with Gasteiger partial charge in [0, 0.05) is 25.5 Å². The molecular weight excluding hydrogens is 533 g/mol. The van der Waals surface area contributed by atoms with Gasteiger partial charge in [0.25, 0.3) is 5.92 Å². The maximum Gasteiger partial charge on any atom is 0.492 e. The summed E-state index contributed by atoms with van der Waals surface area (Å²) in [7, 11) is 1.31. The van der Waals surface area contributed by atoms with Gasteiger partial charge in [-0.15, -0.1) is 5.48 Å². The Morgan fingerprint density at radius 3 is 2.66 bits per heavy atom. The zero-order chi connectivity index (χ0) is 27.9. The highest BCUT2D eigenvalue weighted by molar-refractivity contribution is 5.76. The molecule has 3 heterocycles. The van der Waals surface area contributed by atoms with E-state index in [2.05, 4.69) is 20.2 Å². The van der Waals surface area contributed by atoms with E-state index in [9.17, 15) is 40.3 Å². The standard InChI is InChI=1S/C21H23F7N6O4/c1-37-8-14(33-10-20(24,25)9-29-18(33)36)12-4-15-31-13(7-34(15)30-6-12)16(11-2-3-19(22,23)5-11)32-38-17(35)21(26,27)28/h4,6-7,11,14,16,32H,2-3,5,8-10H2,1H3,(H,29,36)/t11-,14-,16-/m1/s1. The van der Waals surface area contributed by atoms with Crippen LogP contribution in [0.4, 0.5) is 35.5 Å². The summed E-state index contributed by atoms with van der Waals surface area (Å²) in [5.74, 6) is -9.76. The van der Waals surface area contributed by atoms with Crippen LogP contribution in [0, 0.1) is 5.92 Å². The molecule has 38 heavy (non-hydrogen) atoms. The largest absolute Gasteiger partial charge is 0.492 e. The van der Waals surface area contributed by atoms with Crippen molar-refractivity contribution in [1.29, 1.82) is 0 Å². The number of nitrogens with one attached hydrogen (secondary N) is 2. The molecule has 0 aromatic carbocycles. The van der Waals surface area contributed by atoms with Crippen molar-refractivity contribution in [2.75, 3.05) is 26.8 Å². The maximum absolute atomic E-state index is 14.0.